The Morgan fingerprint density at radius 3 is 2.86 bits per heavy atom. The van der Waals surface area contributed by atoms with Gasteiger partial charge in [0.25, 0.3) is 0 Å². The van der Waals surface area contributed by atoms with Crippen LogP contribution in [0.15, 0.2) is 12.1 Å². The van der Waals surface area contributed by atoms with Crippen LogP contribution < -0.4 is 0 Å². The Morgan fingerprint density at radius 2 is 2.29 bits per heavy atom. The molecule has 1 aromatic heterocycles. The summed E-state index contributed by atoms with van der Waals surface area (Å²) in [6, 6.07) is 3.65. The molecule has 4 heteroatoms. The molecular weight excluding hydrogens is 246 g/mol. The molecule has 0 radical (unpaired) electrons. The van der Waals surface area contributed by atoms with Crippen LogP contribution in [-0.2, 0) is 10.1 Å². The lowest BCUT2D eigenvalue weighted by atomic mass is 10.2. The molecule has 0 saturated carbocycles. The molecule has 0 bridgehead atoms. The Labute approximate surface area is 91.6 Å². The maximum absolute atomic E-state index is 11.4. The number of rotatable bonds is 3. The molecule has 0 aromatic carbocycles. The molecule has 76 valence electrons. The van der Waals surface area contributed by atoms with Crippen LogP contribution >= 0.6 is 15.9 Å². The molecule has 1 aromatic rings. The Hall–Kier alpha value is -0.900. The highest BCUT2D eigenvalue weighted by Crippen LogP contribution is 2.09. The van der Waals surface area contributed by atoms with E-state index in [4.69, 9.17) is 4.74 Å². The number of aromatic nitrogens is 1. The molecule has 1 heterocycles. The van der Waals surface area contributed by atoms with Crippen molar-refractivity contribution in [2.45, 2.75) is 19.2 Å². The first-order chi connectivity index (χ1) is 6.67. The zero-order valence-electron chi connectivity index (χ0n) is 8.21. The Bertz CT molecular complexity index is 339. The average Bonchev–Trinajstić information content (AvgIpc) is 2.17. The van der Waals surface area contributed by atoms with Crippen LogP contribution in [0.3, 0.4) is 0 Å². The van der Waals surface area contributed by atoms with Crippen molar-refractivity contribution in [3.63, 3.8) is 0 Å². The zero-order valence-corrected chi connectivity index (χ0v) is 9.80. The van der Waals surface area contributed by atoms with Gasteiger partial charge in [0.2, 0.25) is 0 Å². The maximum Gasteiger partial charge on any atom is 0.356 e. The highest BCUT2D eigenvalue weighted by atomic mass is 79.9. The van der Waals surface area contributed by atoms with Crippen molar-refractivity contribution in [1.82, 2.24) is 4.98 Å². The van der Waals surface area contributed by atoms with Crippen LogP contribution in [0.2, 0.25) is 0 Å². The van der Waals surface area contributed by atoms with E-state index < -0.39 is 0 Å². The largest absolute Gasteiger partial charge is 0.461 e. The van der Waals surface area contributed by atoms with Crippen LogP contribution in [0, 0.1) is 6.92 Å². The van der Waals surface area contributed by atoms with Crippen molar-refractivity contribution in [1.29, 1.82) is 0 Å². The van der Waals surface area contributed by atoms with Gasteiger partial charge in [-0.2, -0.15) is 0 Å². The summed E-state index contributed by atoms with van der Waals surface area (Å²) in [6.45, 7) is 4.08. The summed E-state index contributed by atoms with van der Waals surface area (Å²) in [5.41, 5.74) is 2.23. The first kappa shape index (κ1) is 11.2. The normalized spacial score (nSPS) is 9.93. The van der Waals surface area contributed by atoms with E-state index in [1.165, 1.54) is 0 Å². The lowest BCUT2D eigenvalue weighted by Crippen LogP contribution is -2.08. The molecule has 0 amide bonds. The topological polar surface area (TPSA) is 39.2 Å². The lowest BCUT2D eigenvalue weighted by molar-refractivity contribution is 0.0519. The Morgan fingerprint density at radius 1 is 1.57 bits per heavy atom. The van der Waals surface area contributed by atoms with E-state index in [1.807, 2.05) is 13.0 Å². The smallest absolute Gasteiger partial charge is 0.356 e. The second-order valence-electron chi connectivity index (χ2n) is 2.88. The van der Waals surface area contributed by atoms with Gasteiger partial charge in [0.1, 0.15) is 5.69 Å². The minimum Gasteiger partial charge on any atom is -0.461 e. The number of carbonyl (C=O) groups is 1. The quantitative estimate of drug-likeness (QED) is 0.617. The highest BCUT2D eigenvalue weighted by Gasteiger charge is 2.09. The molecule has 0 spiro atoms. The summed E-state index contributed by atoms with van der Waals surface area (Å²) in [5.74, 6) is -0.363. The number of carbonyl (C=O) groups excluding carboxylic acids is 1. The summed E-state index contributed by atoms with van der Waals surface area (Å²) in [7, 11) is 0. The fraction of sp³-hybridized carbons (Fsp3) is 0.400. The van der Waals surface area contributed by atoms with Gasteiger partial charge in [-0.3, -0.25) is 0 Å². The molecule has 0 unspecified atom stereocenters. The fourth-order valence-corrected chi connectivity index (χ4v) is 1.40. The molecule has 0 aliphatic carbocycles. The number of ether oxygens (including phenoxy) is 1. The predicted octanol–water partition coefficient (Wildman–Crippen LogP) is 2.46. The summed E-state index contributed by atoms with van der Waals surface area (Å²) in [5, 5.41) is 0.640. The van der Waals surface area contributed by atoms with Gasteiger partial charge in [0, 0.05) is 5.33 Å². The monoisotopic (exact) mass is 257 g/mol. The second kappa shape index (κ2) is 5.10. The van der Waals surface area contributed by atoms with Crippen molar-refractivity contribution >= 4 is 21.9 Å². The van der Waals surface area contributed by atoms with Crippen LogP contribution in [0.1, 0.15) is 28.7 Å². The summed E-state index contributed by atoms with van der Waals surface area (Å²) in [4.78, 5) is 15.5. The third kappa shape index (κ3) is 2.80. The molecule has 0 fully saturated rings. The standard InChI is InChI=1S/C10H12BrNO2/c1-3-14-10(13)9-5-7(2)4-8(6-11)12-9/h4-5H,3,6H2,1-2H3. The van der Waals surface area contributed by atoms with E-state index in [2.05, 4.69) is 20.9 Å². The molecule has 0 atom stereocenters. The molecular formula is C10H12BrNO2. The van der Waals surface area contributed by atoms with Gasteiger partial charge in [-0.05, 0) is 31.5 Å². The van der Waals surface area contributed by atoms with Crippen molar-refractivity contribution in [3.8, 4) is 0 Å². The maximum atomic E-state index is 11.4. The van der Waals surface area contributed by atoms with Gasteiger partial charge < -0.3 is 4.74 Å². The van der Waals surface area contributed by atoms with Crippen LogP contribution in [0.25, 0.3) is 0 Å². The minimum absolute atomic E-state index is 0.363. The van der Waals surface area contributed by atoms with Gasteiger partial charge >= 0.3 is 5.97 Å². The number of hydrogen-bond acceptors (Lipinski definition) is 3. The third-order valence-corrected chi connectivity index (χ3v) is 2.22. The molecule has 0 N–H and O–H groups in total. The summed E-state index contributed by atoms with van der Waals surface area (Å²) < 4.78 is 4.87. The predicted molar refractivity (Wildman–Crippen MR) is 57.6 cm³/mol. The summed E-state index contributed by atoms with van der Waals surface area (Å²) in [6.07, 6.45) is 0. The lowest BCUT2D eigenvalue weighted by Gasteiger charge is -2.04. The average molecular weight is 258 g/mol. The molecule has 1 rings (SSSR count). The van der Waals surface area contributed by atoms with E-state index in [-0.39, 0.29) is 5.97 Å². The fourth-order valence-electron chi connectivity index (χ4n) is 1.12. The van der Waals surface area contributed by atoms with Crippen molar-refractivity contribution in [3.05, 3.63) is 29.1 Å². The van der Waals surface area contributed by atoms with Crippen LogP contribution in [0.5, 0.6) is 0 Å². The van der Waals surface area contributed by atoms with Gasteiger partial charge in [0.05, 0.1) is 12.3 Å². The number of pyridine rings is 1. The van der Waals surface area contributed by atoms with Crippen molar-refractivity contribution in [2.75, 3.05) is 6.61 Å². The van der Waals surface area contributed by atoms with Crippen molar-refractivity contribution in [2.24, 2.45) is 0 Å². The number of alkyl halides is 1. The third-order valence-electron chi connectivity index (χ3n) is 1.64. The van der Waals surface area contributed by atoms with Crippen LogP contribution in [0.4, 0.5) is 0 Å². The van der Waals surface area contributed by atoms with Crippen molar-refractivity contribution < 1.29 is 9.53 Å². The molecule has 14 heavy (non-hydrogen) atoms. The molecule has 0 aliphatic rings. The second-order valence-corrected chi connectivity index (χ2v) is 3.44. The molecule has 0 aliphatic heterocycles. The first-order valence-corrected chi connectivity index (χ1v) is 5.50. The molecule has 3 nitrogen and oxygen atoms in total. The van der Waals surface area contributed by atoms with E-state index >= 15 is 0 Å². The van der Waals surface area contributed by atoms with E-state index in [0.29, 0.717) is 17.6 Å². The van der Waals surface area contributed by atoms with E-state index in [1.54, 1.807) is 13.0 Å². The first-order valence-electron chi connectivity index (χ1n) is 4.38. The number of halogens is 1. The Kier molecular flexibility index (Phi) is 4.07. The highest BCUT2D eigenvalue weighted by molar-refractivity contribution is 9.08. The number of hydrogen-bond donors (Lipinski definition) is 0. The number of nitrogens with zero attached hydrogens (tertiary/aromatic N) is 1. The summed E-state index contributed by atoms with van der Waals surface area (Å²) >= 11 is 3.30. The zero-order chi connectivity index (χ0) is 10.6. The van der Waals surface area contributed by atoms with Gasteiger partial charge in [-0.15, -0.1) is 0 Å². The Balaban J connectivity index is 2.96. The van der Waals surface area contributed by atoms with Gasteiger partial charge in [-0.1, -0.05) is 15.9 Å². The van der Waals surface area contributed by atoms with Gasteiger partial charge in [0.15, 0.2) is 0 Å². The minimum atomic E-state index is -0.363. The SMILES string of the molecule is CCOC(=O)c1cc(C)cc(CBr)n1. The van der Waals surface area contributed by atoms with E-state index in [9.17, 15) is 4.79 Å². The van der Waals surface area contributed by atoms with E-state index in [0.717, 1.165) is 11.3 Å². The number of esters is 1. The number of aryl methyl sites for hydroxylation is 1. The van der Waals surface area contributed by atoms with Gasteiger partial charge in [-0.25, -0.2) is 9.78 Å². The molecule has 0 saturated heterocycles. The van der Waals surface area contributed by atoms with Crippen LogP contribution in [-0.4, -0.2) is 17.6 Å².